The number of benzene rings is 1. The molecule has 22 heavy (non-hydrogen) atoms. The minimum atomic E-state index is 0.105. The first-order chi connectivity index (χ1) is 10.8. The number of hydrogen-bond acceptors (Lipinski definition) is 6. The molecule has 0 radical (unpaired) electrons. The Bertz CT molecular complexity index is 818. The van der Waals surface area contributed by atoms with Crippen LogP contribution in [0.1, 0.15) is 18.5 Å². The van der Waals surface area contributed by atoms with Gasteiger partial charge in [0.25, 0.3) is 0 Å². The minimum Gasteiger partial charge on any atom is -0.486 e. The molecule has 0 saturated carbocycles. The SMILES string of the molecule is C[C@H](Nc1ncnc2sccc12)c1ccc2c(c1)OCCO2. The number of nitrogens with zero attached hydrogens (tertiary/aromatic N) is 2. The maximum atomic E-state index is 5.65. The van der Waals surface area contributed by atoms with Crippen LogP contribution >= 0.6 is 11.3 Å². The lowest BCUT2D eigenvalue weighted by Gasteiger charge is -2.21. The average Bonchev–Trinajstić information content (AvgIpc) is 3.04. The number of aromatic nitrogens is 2. The summed E-state index contributed by atoms with van der Waals surface area (Å²) >= 11 is 1.62. The Labute approximate surface area is 131 Å². The van der Waals surface area contributed by atoms with E-state index in [2.05, 4.69) is 28.3 Å². The molecule has 1 atom stereocenters. The summed E-state index contributed by atoms with van der Waals surface area (Å²) in [6.45, 7) is 3.31. The zero-order chi connectivity index (χ0) is 14.9. The van der Waals surface area contributed by atoms with Crippen LogP contribution in [0.4, 0.5) is 5.82 Å². The van der Waals surface area contributed by atoms with Crippen molar-refractivity contribution in [2.24, 2.45) is 0 Å². The van der Waals surface area contributed by atoms with Crippen molar-refractivity contribution in [3.8, 4) is 11.5 Å². The van der Waals surface area contributed by atoms with E-state index in [1.165, 1.54) is 0 Å². The smallest absolute Gasteiger partial charge is 0.161 e. The maximum absolute atomic E-state index is 5.65. The second-order valence-corrected chi connectivity index (χ2v) is 6.03. The lowest BCUT2D eigenvalue weighted by Crippen LogP contribution is -2.16. The van der Waals surface area contributed by atoms with Crippen molar-refractivity contribution < 1.29 is 9.47 Å². The monoisotopic (exact) mass is 313 g/mol. The van der Waals surface area contributed by atoms with Crippen LogP contribution < -0.4 is 14.8 Å². The molecule has 0 aliphatic carbocycles. The summed E-state index contributed by atoms with van der Waals surface area (Å²) in [5.41, 5.74) is 1.13. The molecule has 3 aromatic rings. The molecule has 6 heteroatoms. The van der Waals surface area contributed by atoms with Gasteiger partial charge in [-0.2, -0.15) is 0 Å². The summed E-state index contributed by atoms with van der Waals surface area (Å²) in [5.74, 6) is 2.47. The largest absolute Gasteiger partial charge is 0.486 e. The van der Waals surface area contributed by atoms with Gasteiger partial charge < -0.3 is 14.8 Å². The first-order valence-corrected chi connectivity index (χ1v) is 8.03. The van der Waals surface area contributed by atoms with E-state index in [-0.39, 0.29) is 6.04 Å². The molecule has 4 rings (SSSR count). The summed E-state index contributed by atoms with van der Waals surface area (Å²) in [4.78, 5) is 9.62. The van der Waals surface area contributed by atoms with Crippen molar-refractivity contribution >= 4 is 27.4 Å². The van der Waals surface area contributed by atoms with Gasteiger partial charge in [-0.3, -0.25) is 0 Å². The molecule has 3 heterocycles. The molecule has 112 valence electrons. The Balaban J connectivity index is 1.62. The number of ether oxygens (including phenoxy) is 2. The summed E-state index contributed by atoms with van der Waals surface area (Å²) in [7, 11) is 0. The van der Waals surface area contributed by atoms with Crippen LogP contribution in [0, 0.1) is 0 Å². The lowest BCUT2D eigenvalue weighted by atomic mass is 10.1. The topological polar surface area (TPSA) is 56.3 Å². The summed E-state index contributed by atoms with van der Waals surface area (Å²) in [5, 5.41) is 6.53. The first-order valence-electron chi connectivity index (χ1n) is 7.15. The van der Waals surface area contributed by atoms with Crippen LogP contribution in [0.15, 0.2) is 36.0 Å². The fourth-order valence-corrected chi connectivity index (χ4v) is 3.26. The number of anilines is 1. The molecule has 1 N–H and O–H groups in total. The Morgan fingerprint density at radius 3 is 2.91 bits per heavy atom. The van der Waals surface area contributed by atoms with E-state index in [0.717, 1.165) is 33.1 Å². The molecule has 0 saturated heterocycles. The molecule has 2 aromatic heterocycles. The van der Waals surface area contributed by atoms with Crippen LogP contribution in [0.25, 0.3) is 10.2 Å². The van der Waals surface area contributed by atoms with Gasteiger partial charge in [0, 0.05) is 0 Å². The summed E-state index contributed by atoms with van der Waals surface area (Å²) in [6.07, 6.45) is 1.59. The number of thiophene rings is 1. The molecule has 0 bridgehead atoms. The molecule has 0 unspecified atom stereocenters. The van der Waals surface area contributed by atoms with Gasteiger partial charge in [0.05, 0.1) is 11.4 Å². The van der Waals surface area contributed by atoms with Gasteiger partial charge in [0.1, 0.15) is 30.2 Å². The number of hydrogen-bond donors (Lipinski definition) is 1. The third-order valence-electron chi connectivity index (χ3n) is 3.68. The second kappa shape index (κ2) is 5.46. The number of fused-ring (bicyclic) bond motifs is 2. The van der Waals surface area contributed by atoms with Gasteiger partial charge in [-0.25, -0.2) is 9.97 Å². The zero-order valence-corrected chi connectivity index (χ0v) is 12.9. The van der Waals surface area contributed by atoms with Gasteiger partial charge >= 0.3 is 0 Å². The average molecular weight is 313 g/mol. The zero-order valence-electron chi connectivity index (χ0n) is 12.1. The van der Waals surface area contributed by atoms with Gasteiger partial charge in [-0.1, -0.05) is 6.07 Å². The van der Waals surface area contributed by atoms with Gasteiger partial charge in [-0.15, -0.1) is 11.3 Å². The molecule has 1 aliphatic rings. The van der Waals surface area contributed by atoms with Crippen molar-refractivity contribution in [2.75, 3.05) is 18.5 Å². The highest BCUT2D eigenvalue weighted by Crippen LogP contribution is 2.34. The highest BCUT2D eigenvalue weighted by molar-refractivity contribution is 7.16. The highest BCUT2D eigenvalue weighted by atomic mass is 32.1. The quantitative estimate of drug-likeness (QED) is 0.800. The first kappa shape index (κ1) is 13.3. The molecule has 5 nitrogen and oxygen atoms in total. The van der Waals surface area contributed by atoms with Crippen LogP contribution in [0.5, 0.6) is 11.5 Å². The fourth-order valence-electron chi connectivity index (χ4n) is 2.52. The van der Waals surface area contributed by atoms with E-state index >= 15 is 0 Å². The van der Waals surface area contributed by atoms with Gasteiger partial charge in [-0.05, 0) is 36.1 Å². The van der Waals surface area contributed by atoms with Crippen LogP contribution in [0.2, 0.25) is 0 Å². The third-order valence-corrected chi connectivity index (χ3v) is 4.50. The van der Waals surface area contributed by atoms with Gasteiger partial charge in [0.15, 0.2) is 11.5 Å². The molecular weight excluding hydrogens is 298 g/mol. The van der Waals surface area contributed by atoms with E-state index in [4.69, 9.17) is 9.47 Å². The molecular formula is C16H15N3O2S. The Morgan fingerprint density at radius 1 is 1.14 bits per heavy atom. The van der Waals surface area contributed by atoms with Crippen LogP contribution in [0.3, 0.4) is 0 Å². The molecule has 0 amide bonds. The number of rotatable bonds is 3. The summed E-state index contributed by atoms with van der Waals surface area (Å²) < 4.78 is 11.2. The standard InChI is InChI=1S/C16H15N3O2S/c1-10(11-2-3-13-14(8-11)21-6-5-20-13)19-15-12-4-7-22-16(12)18-9-17-15/h2-4,7-10H,5-6H2,1H3,(H,17,18,19)/t10-/m0/s1. The normalized spacial score (nSPS) is 14.8. The Hall–Kier alpha value is -2.34. The minimum absolute atomic E-state index is 0.105. The van der Waals surface area contributed by atoms with Crippen molar-refractivity contribution in [3.63, 3.8) is 0 Å². The van der Waals surface area contributed by atoms with Crippen molar-refractivity contribution in [1.29, 1.82) is 0 Å². The van der Waals surface area contributed by atoms with Crippen molar-refractivity contribution in [2.45, 2.75) is 13.0 Å². The van der Waals surface area contributed by atoms with E-state index in [1.807, 2.05) is 23.6 Å². The summed E-state index contributed by atoms with van der Waals surface area (Å²) in [6, 6.07) is 8.19. The van der Waals surface area contributed by atoms with E-state index in [0.29, 0.717) is 13.2 Å². The predicted octanol–water partition coefficient (Wildman–Crippen LogP) is 3.64. The molecule has 1 aliphatic heterocycles. The van der Waals surface area contributed by atoms with Crippen LogP contribution in [-0.2, 0) is 0 Å². The highest BCUT2D eigenvalue weighted by Gasteiger charge is 2.15. The third kappa shape index (κ3) is 2.35. The van der Waals surface area contributed by atoms with Gasteiger partial charge in [0.2, 0.25) is 0 Å². The van der Waals surface area contributed by atoms with E-state index < -0.39 is 0 Å². The van der Waals surface area contributed by atoms with Crippen molar-refractivity contribution in [3.05, 3.63) is 41.5 Å². The second-order valence-electron chi connectivity index (χ2n) is 5.13. The van der Waals surface area contributed by atoms with Crippen molar-refractivity contribution in [1.82, 2.24) is 9.97 Å². The predicted molar refractivity (Wildman–Crippen MR) is 86.9 cm³/mol. The molecule has 0 spiro atoms. The Morgan fingerprint density at radius 2 is 2.00 bits per heavy atom. The molecule has 0 fully saturated rings. The number of nitrogens with one attached hydrogen (secondary N) is 1. The fraction of sp³-hybridized carbons (Fsp3) is 0.250. The van der Waals surface area contributed by atoms with E-state index in [1.54, 1.807) is 17.7 Å². The Kier molecular flexibility index (Phi) is 3.31. The van der Waals surface area contributed by atoms with E-state index in [9.17, 15) is 0 Å². The molecule has 1 aromatic carbocycles. The van der Waals surface area contributed by atoms with Crippen LogP contribution in [-0.4, -0.2) is 23.2 Å². The lowest BCUT2D eigenvalue weighted by molar-refractivity contribution is 0.171. The maximum Gasteiger partial charge on any atom is 0.161 e.